The maximum Gasteiger partial charge on any atom is 0.312 e. The molecule has 0 unspecified atom stereocenters. The minimum absolute atomic E-state index is 0.0387. The number of amides is 2. The lowest BCUT2D eigenvalue weighted by Gasteiger charge is -2.07. The molecule has 0 aromatic heterocycles. The number of urea groups is 1. The van der Waals surface area contributed by atoms with Crippen LogP contribution in [0.25, 0.3) is 0 Å². The molecule has 2 amide bonds. The van der Waals surface area contributed by atoms with Crippen LogP contribution in [0.4, 0.5) is 9.18 Å². The number of rotatable bonds is 5. The van der Waals surface area contributed by atoms with Gasteiger partial charge < -0.3 is 11.1 Å². The number of halogens is 2. The molecule has 0 atom stereocenters. The smallest absolute Gasteiger partial charge is 0.312 e. The van der Waals surface area contributed by atoms with E-state index < -0.39 is 21.9 Å². The third kappa shape index (κ3) is 4.24. The maximum absolute atomic E-state index is 13.2. The highest BCUT2D eigenvalue weighted by Crippen LogP contribution is 2.18. The van der Waals surface area contributed by atoms with Gasteiger partial charge in [0.1, 0.15) is 5.82 Å². The van der Waals surface area contributed by atoms with Gasteiger partial charge in [-0.3, -0.25) is 0 Å². The molecule has 9 heteroatoms. The lowest BCUT2D eigenvalue weighted by molar-refractivity contribution is 0.249. The monoisotopic (exact) mass is 339 g/mol. The van der Waals surface area contributed by atoms with Crippen LogP contribution >= 0.6 is 15.9 Å². The second kappa shape index (κ2) is 6.12. The summed E-state index contributed by atoms with van der Waals surface area (Å²) in [7, 11) is -3.80. The Bertz CT molecular complexity index is 550. The van der Waals surface area contributed by atoms with E-state index >= 15 is 0 Å². The average molecular weight is 340 g/mol. The lowest BCUT2D eigenvalue weighted by atomic mass is 10.3. The Morgan fingerprint density at radius 2 is 2.06 bits per heavy atom. The molecule has 1 aromatic carbocycles. The standard InChI is InChI=1S/C9H11BrFN3O3S/c10-7-2-1-6(5-8(7)11)18(16,17)14-4-3-13-9(12)15/h1-2,5,14H,3-4H2,(H3,12,13,15). The predicted molar refractivity (Wildman–Crippen MR) is 66.9 cm³/mol. The van der Waals surface area contributed by atoms with Crippen LogP contribution in [0, 0.1) is 5.82 Å². The fourth-order valence-corrected chi connectivity index (χ4v) is 2.39. The molecule has 18 heavy (non-hydrogen) atoms. The van der Waals surface area contributed by atoms with Crippen molar-refractivity contribution in [3.05, 3.63) is 28.5 Å². The van der Waals surface area contributed by atoms with E-state index in [1.54, 1.807) is 0 Å². The van der Waals surface area contributed by atoms with Gasteiger partial charge in [0.15, 0.2) is 0 Å². The molecule has 100 valence electrons. The molecule has 0 heterocycles. The second-order valence-electron chi connectivity index (χ2n) is 3.26. The van der Waals surface area contributed by atoms with Crippen molar-refractivity contribution < 1.29 is 17.6 Å². The number of nitrogens with one attached hydrogen (secondary N) is 2. The first-order valence-electron chi connectivity index (χ1n) is 4.81. The highest BCUT2D eigenvalue weighted by molar-refractivity contribution is 9.10. The van der Waals surface area contributed by atoms with Crippen molar-refractivity contribution in [1.82, 2.24) is 10.0 Å². The number of nitrogens with two attached hydrogens (primary N) is 1. The molecule has 0 saturated carbocycles. The zero-order valence-electron chi connectivity index (χ0n) is 9.11. The minimum Gasteiger partial charge on any atom is -0.352 e. The van der Waals surface area contributed by atoms with E-state index in [-0.39, 0.29) is 22.5 Å². The summed E-state index contributed by atoms with van der Waals surface area (Å²) in [6.07, 6.45) is 0. The molecule has 4 N–H and O–H groups in total. The van der Waals surface area contributed by atoms with Gasteiger partial charge in [-0.1, -0.05) is 0 Å². The van der Waals surface area contributed by atoms with E-state index in [0.29, 0.717) is 0 Å². The van der Waals surface area contributed by atoms with Crippen LogP contribution in [-0.2, 0) is 10.0 Å². The molecule has 0 aliphatic rings. The first-order valence-corrected chi connectivity index (χ1v) is 7.08. The fourth-order valence-electron chi connectivity index (χ4n) is 1.10. The fraction of sp³-hybridized carbons (Fsp3) is 0.222. The van der Waals surface area contributed by atoms with E-state index in [1.165, 1.54) is 12.1 Å². The number of hydrogen-bond donors (Lipinski definition) is 3. The molecule has 0 aliphatic heterocycles. The average Bonchev–Trinajstić information content (AvgIpc) is 2.28. The first-order chi connectivity index (χ1) is 8.33. The Morgan fingerprint density at radius 1 is 1.39 bits per heavy atom. The molecule has 0 fully saturated rings. The summed E-state index contributed by atoms with van der Waals surface area (Å²) in [5.74, 6) is -0.673. The zero-order chi connectivity index (χ0) is 13.8. The third-order valence-electron chi connectivity index (χ3n) is 1.92. The van der Waals surface area contributed by atoms with E-state index in [4.69, 9.17) is 5.73 Å². The number of carbonyl (C=O) groups is 1. The zero-order valence-corrected chi connectivity index (χ0v) is 11.5. The number of benzene rings is 1. The molecule has 0 radical (unpaired) electrons. The van der Waals surface area contributed by atoms with E-state index in [9.17, 15) is 17.6 Å². The summed E-state index contributed by atoms with van der Waals surface area (Å²) in [5.41, 5.74) is 4.81. The van der Waals surface area contributed by atoms with Crippen LogP contribution in [0.2, 0.25) is 0 Å². The molecule has 1 aromatic rings. The number of carbonyl (C=O) groups excluding carboxylic acids is 1. The summed E-state index contributed by atoms with van der Waals surface area (Å²) >= 11 is 2.92. The number of sulfonamides is 1. The largest absolute Gasteiger partial charge is 0.352 e. The van der Waals surface area contributed by atoms with Gasteiger partial charge in [-0.15, -0.1) is 0 Å². The van der Waals surface area contributed by atoms with E-state index in [2.05, 4.69) is 26.0 Å². The first kappa shape index (κ1) is 14.9. The maximum atomic E-state index is 13.2. The summed E-state index contributed by atoms with van der Waals surface area (Å²) in [6, 6.07) is 2.71. The van der Waals surface area contributed by atoms with Crippen molar-refractivity contribution in [3.8, 4) is 0 Å². The molecule has 0 bridgehead atoms. The van der Waals surface area contributed by atoms with Crippen molar-refractivity contribution in [3.63, 3.8) is 0 Å². The second-order valence-corrected chi connectivity index (χ2v) is 5.89. The number of hydrogen-bond acceptors (Lipinski definition) is 3. The van der Waals surface area contributed by atoms with Crippen LogP contribution in [0.5, 0.6) is 0 Å². The van der Waals surface area contributed by atoms with Crippen molar-refractivity contribution in [2.75, 3.05) is 13.1 Å². The van der Waals surface area contributed by atoms with Crippen LogP contribution in [-0.4, -0.2) is 27.5 Å². The number of primary amides is 1. The highest BCUT2D eigenvalue weighted by Gasteiger charge is 2.15. The van der Waals surface area contributed by atoms with Gasteiger partial charge in [0, 0.05) is 13.1 Å². The predicted octanol–water partition coefficient (Wildman–Crippen LogP) is 0.535. The highest BCUT2D eigenvalue weighted by atomic mass is 79.9. The Labute approximate surface area is 112 Å². The molecule has 0 spiro atoms. The van der Waals surface area contributed by atoms with Crippen molar-refractivity contribution in [2.24, 2.45) is 5.73 Å². The molecular formula is C9H11BrFN3O3S. The quantitative estimate of drug-likeness (QED) is 0.682. The Balaban J connectivity index is 2.68. The van der Waals surface area contributed by atoms with Crippen LogP contribution in [0.1, 0.15) is 0 Å². The van der Waals surface area contributed by atoms with Gasteiger partial charge in [0.25, 0.3) is 0 Å². The summed E-state index contributed by atoms with van der Waals surface area (Å²) in [5, 5.41) is 2.22. The van der Waals surface area contributed by atoms with Gasteiger partial charge in [0.2, 0.25) is 10.0 Å². The summed E-state index contributed by atoms with van der Waals surface area (Å²) in [6.45, 7) is 0.0104. The van der Waals surface area contributed by atoms with Gasteiger partial charge in [-0.2, -0.15) is 0 Å². The SMILES string of the molecule is NC(=O)NCCNS(=O)(=O)c1ccc(Br)c(F)c1. The molecular weight excluding hydrogens is 329 g/mol. The van der Waals surface area contributed by atoms with Gasteiger partial charge >= 0.3 is 6.03 Å². The van der Waals surface area contributed by atoms with E-state index in [0.717, 1.165) is 6.07 Å². The van der Waals surface area contributed by atoms with Gasteiger partial charge in [-0.05, 0) is 34.1 Å². The topological polar surface area (TPSA) is 101 Å². The summed E-state index contributed by atoms with van der Waals surface area (Å²) < 4.78 is 39.0. The van der Waals surface area contributed by atoms with Gasteiger partial charge in [0.05, 0.1) is 9.37 Å². The Morgan fingerprint density at radius 3 is 2.61 bits per heavy atom. The van der Waals surface area contributed by atoms with Crippen molar-refractivity contribution in [1.29, 1.82) is 0 Å². The Hall–Kier alpha value is -1.19. The minimum atomic E-state index is -3.80. The van der Waals surface area contributed by atoms with Gasteiger partial charge in [-0.25, -0.2) is 22.3 Å². The van der Waals surface area contributed by atoms with Crippen LogP contribution in [0.15, 0.2) is 27.6 Å². The molecule has 6 nitrogen and oxygen atoms in total. The van der Waals surface area contributed by atoms with Crippen LogP contribution in [0.3, 0.4) is 0 Å². The van der Waals surface area contributed by atoms with Crippen LogP contribution < -0.4 is 15.8 Å². The molecule has 1 rings (SSSR count). The van der Waals surface area contributed by atoms with E-state index in [1.807, 2.05) is 0 Å². The summed E-state index contributed by atoms with van der Waals surface area (Å²) in [4.78, 5) is 10.2. The Kier molecular flexibility index (Phi) is 5.05. The lowest BCUT2D eigenvalue weighted by Crippen LogP contribution is -2.37. The van der Waals surface area contributed by atoms with Crippen molar-refractivity contribution in [2.45, 2.75) is 4.90 Å². The molecule has 0 aliphatic carbocycles. The normalized spacial score (nSPS) is 11.2. The molecule has 0 saturated heterocycles. The third-order valence-corrected chi connectivity index (χ3v) is 4.02. The van der Waals surface area contributed by atoms with Crippen molar-refractivity contribution >= 4 is 32.0 Å².